The maximum atomic E-state index is 12.2. The van der Waals surface area contributed by atoms with E-state index in [0.717, 1.165) is 24.3 Å². The van der Waals surface area contributed by atoms with E-state index in [4.69, 9.17) is 0 Å². The van der Waals surface area contributed by atoms with E-state index in [2.05, 4.69) is 5.32 Å². The molecule has 19 heavy (non-hydrogen) atoms. The van der Waals surface area contributed by atoms with E-state index in [-0.39, 0.29) is 5.91 Å². The van der Waals surface area contributed by atoms with Gasteiger partial charge in [-0.25, -0.2) is 0 Å². The first-order valence-electron chi connectivity index (χ1n) is 8.19. The molecular formula is C16H28N2O. The highest BCUT2D eigenvalue weighted by molar-refractivity contribution is 5.78. The summed E-state index contributed by atoms with van der Waals surface area (Å²) >= 11 is 0. The molecule has 3 aliphatic carbocycles. The lowest BCUT2D eigenvalue weighted by Crippen LogP contribution is -2.41. The smallest absolute Gasteiger partial charge is 0.236 e. The van der Waals surface area contributed by atoms with Gasteiger partial charge in [0.15, 0.2) is 0 Å². The van der Waals surface area contributed by atoms with Crippen LogP contribution in [0.5, 0.6) is 0 Å². The van der Waals surface area contributed by atoms with Crippen LogP contribution >= 0.6 is 0 Å². The lowest BCUT2D eigenvalue weighted by atomic mass is 9.88. The predicted molar refractivity (Wildman–Crippen MR) is 76.8 cm³/mol. The second-order valence-corrected chi connectivity index (χ2v) is 7.07. The molecule has 0 spiro atoms. The summed E-state index contributed by atoms with van der Waals surface area (Å²) in [6, 6.07) is 0.597. The summed E-state index contributed by atoms with van der Waals surface area (Å²) in [5.74, 6) is 2.98. The second kappa shape index (κ2) is 5.82. The van der Waals surface area contributed by atoms with Crippen molar-refractivity contribution in [3.8, 4) is 0 Å². The third-order valence-electron chi connectivity index (χ3n) is 5.72. The Morgan fingerprint density at radius 1 is 1.16 bits per heavy atom. The van der Waals surface area contributed by atoms with Crippen LogP contribution in [-0.4, -0.2) is 37.0 Å². The topological polar surface area (TPSA) is 32.3 Å². The molecule has 3 atom stereocenters. The van der Waals surface area contributed by atoms with Gasteiger partial charge in [-0.1, -0.05) is 19.3 Å². The largest absolute Gasteiger partial charge is 0.344 e. The minimum Gasteiger partial charge on any atom is -0.344 e. The third-order valence-corrected chi connectivity index (χ3v) is 5.72. The minimum atomic E-state index is 0.287. The minimum absolute atomic E-state index is 0.287. The molecule has 0 heterocycles. The molecule has 3 fully saturated rings. The summed E-state index contributed by atoms with van der Waals surface area (Å²) in [5, 5.41) is 3.43. The highest BCUT2D eigenvalue weighted by atomic mass is 16.2. The van der Waals surface area contributed by atoms with Crippen molar-refractivity contribution in [2.24, 2.45) is 17.8 Å². The molecule has 2 bridgehead atoms. The second-order valence-electron chi connectivity index (χ2n) is 7.07. The maximum Gasteiger partial charge on any atom is 0.236 e. The van der Waals surface area contributed by atoms with Gasteiger partial charge in [-0.15, -0.1) is 0 Å². The molecule has 3 unspecified atom stereocenters. The van der Waals surface area contributed by atoms with Gasteiger partial charge >= 0.3 is 0 Å². The molecule has 0 aliphatic heterocycles. The Labute approximate surface area is 117 Å². The summed E-state index contributed by atoms with van der Waals surface area (Å²) in [6.45, 7) is 1.54. The van der Waals surface area contributed by atoms with E-state index in [1.165, 1.54) is 51.4 Å². The van der Waals surface area contributed by atoms with Gasteiger partial charge in [-0.3, -0.25) is 4.79 Å². The number of amides is 1. The van der Waals surface area contributed by atoms with Crippen LogP contribution in [0.2, 0.25) is 0 Å². The number of hydrogen-bond acceptors (Lipinski definition) is 2. The Morgan fingerprint density at radius 3 is 2.58 bits per heavy atom. The Balaban J connectivity index is 1.39. The first kappa shape index (κ1) is 13.4. The van der Waals surface area contributed by atoms with Crippen LogP contribution in [0.15, 0.2) is 0 Å². The zero-order valence-corrected chi connectivity index (χ0v) is 12.2. The first-order valence-corrected chi connectivity index (χ1v) is 8.19. The van der Waals surface area contributed by atoms with Crippen LogP contribution in [0.25, 0.3) is 0 Å². The standard InChI is InChI=1S/C16H28N2O/c1-18(11-14-9-12-6-7-13(14)8-12)16(19)10-17-15-4-2-3-5-15/h12-15,17H,2-11H2,1H3. The molecule has 0 aromatic rings. The molecule has 0 saturated heterocycles. The molecule has 3 rings (SSSR count). The highest BCUT2D eigenvalue weighted by Crippen LogP contribution is 2.48. The van der Waals surface area contributed by atoms with E-state index in [1.807, 2.05) is 11.9 Å². The first-order chi connectivity index (χ1) is 9.22. The van der Waals surface area contributed by atoms with Gasteiger partial charge < -0.3 is 10.2 Å². The van der Waals surface area contributed by atoms with E-state index in [9.17, 15) is 4.79 Å². The number of nitrogens with one attached hydrogen (secondary N) is 1. The SMILES string of the molecule is CN(CC1CC2CCC1C2)C(=O)CNC1CCCC1. The van der Waals surface area contributed by atoms with Gasteiger partial charge in [0, 0.05) is 19.6 Å². The summed E-state index contributed by atoms with van der Waals surface area (Å²) in [5.41, 5.74) is 0. The van der Waals surface area contributed by atoms with Crippen molar-refractivity contribution in [3.05, 3.63) is 0 Å². The van der Waals surface area contributed by atoms with Crippen LogP contribution in [0, 0.1) is 17.8 Å². The molecule has 1 amide bonds. The van der Waals surface area contributed by atoms with Gasteiger partial charge in [-0.2, -0.15) is 0 Å². The van der Waals surface area contributed by atoms with Crippen molar-refractivity contribution >= 4 is 5.91 Å². The van der Waals surface area contributed by atoms with Gasteiger partial charge in [0.25, 0.3) is 0 Å². The molecule has 0 aromatic carbocycles. The average molecular weight is 264 g/mol. The van der Waals surface area contributed by atoms with E-state index in [0.29, 0.717) is 12.6 Å². The summed E-state index contributed by atoms with van der Waals surface area (Å²) < 4.78 is 0. The van der Waals surface area contributed by atoms with Crippen LogP contribution in [0.4, 0.5) is 0 Å². The monoisotopic (exact) mass is 264 g/mol. The summed E-state index contributed by atoms with van der Waals surface area (Å²) in [6.07, 6.45) is 10.8. The van der Waals surface area contributed by atoms with Crippen LogP contribution in [0.3, 0.4) is 0 Å². The Kier molecular flexibility index (Phi) is 4.11. The molecule has 3 saturated carbocycles. The Hall–Kier alpha value is -0.570. The molecule has 0 radical (unpaired) electrons. The number of fused-ring (bicyclic) bond motifs is 2. The van der Waals surface area contributed by atoms with Crippen molar-refractivity contribution in [3.63, 3.8) is 0 Å². The predicted octanol–water partition coefficient (Wildman–Crippen LogP) is 2.41. The lowest BCUT2D eigenvalue weighted by Gasteiger charge is -2.27. The highest BCUT2D eigenvalue weighted by Gasteiger charge is 2.40. The molecule has 108 valence electrons. The lowest BCUT2D eigenvalue weighted by molar-refractivity contribution is -0.129. The van der Waals surface area contributed by atoms with Gasteiger partial charge in [-0.05, 0) is 49.9 Å². The van der Waals surface area contributed by atoms with E-state index < -0.39 is 0 Å². The molecule has 1 N–H and O–H groups in total. The van der Waals surface area contributed by atoms with Crippen molar-refractivity contribution in [2.45, 2.75) is 57.4 Å². The van der Waals surface area contributed by atoms with Crippen LogP contribution in [0.1, 0.15) is 51.4 Å². The molecule has 3 heteroatoms. The quantitative estimate of drug-likeness (QED) is 0.827. The molecule has 3 aliphatic rings. The maximum absolute atomic E-state index is 12.2. The van der Waals surface area contributed by atoms with E-state index >= 15 is 0 Å². The fourth-order valence-corrected chi connectivity index (χ4v) is 4.55. The Morgan fingerprint density at radius 2 is 1.95 bits per heavy atom. The van der Waals surface area contributed by atoms with Gasteiger partial charge in [0.1, 0.15) is 0 Å². The van der Waals surface area contributed by atoms with Crippen molar-refractivity contribution in [2.75, 3.05) is 20.1 Å². The van der Waals surface area contributed by atoms with Gasteiger partial charge in [0.05, 0.1) is 6.54 Å². The van der Waals surface area contributed by atoms with Crippen LogP contribution in [-0.2, 0) is 4.79 Å². The number of carbonyl (C=O) groups is 1. The molecule has 3 nitrogen and oxygen atoms in total. The molecule has 0 aromatic heterocycles. The summed E-state index contributed by atoms with van der Waals surface area (Å²) in [7, 11) is 1.99. The number of hydrogen-bond donors (Lipinski definition) is 1. The fourth-order valence-electron chi connectivity index (χ4n) is 4.55. The van der Waals surface area contributed by atoms with Crippen LogP contribution < -0.4 is 5.32 Å². The normalized spacial score (nSPS) is 34.1. The fraction of sp³-hybridized carbons (Fsp3) is 0.938. The zero-order valence-electron chi connectivity index (χ0n) is 12.2. The van der Waals surface area contributed by atoms with E-state index in [1.54, 1.807) is 0 Å². The third kappa shape index (κ3) is 3.13. The number of likely N-dealkylation sites (N-methyl/N-ethyl adjacent to an activating group) is 1. The average Bonchev–Trinajstić information content (AvgIpc) is 3.12. The Bertz CT molecular complexity index is 325. The number of carbonyl (C=O) groups excluding carboxylic acids is 1. The zero-order chi connectivity index (χ0) is 13.2. The number of nitrogens with zero attached hydrogens (tertiary/aromatic N) is 1. The summed E-state index contributed by atoms with van der Waals surface area (Å²) in [4.78, 5) is 14.1. The number of rotatable bonds is 5. The van der Waals surface area contributed by atoms with Crippen molar-refractivity contribution < 1.29 is 4.79 Å². The van der Waals surface area contributed by atoms with Crippen molar-refractivity contribution in [1.29, 1.82) is 0 Å². The van der Waals surface area contributed by atoms with Crippen molar-refractivity contribution in [1.82, 2.24) is 10.2 Å². The van der Waals surface area contributed by atoms with Gasteiger partial charge in [0.2, 0.25) is 5.91 Å². The molecular weight excluding hydrogens is 236 g/mol.